The Kier molecular flexibility index (Phi) is 3.34. The van der Waals surface area contributed by atoms with Gasteiger partial charge in [-0.25, -0.2) is 0 Å². The second-order valence-corrected chi connectivity index (χ2v) is 4.05. The lowest BCUT2D eigenvalue weighted by atomic mass is 10.0. The minimum atomic E-state index is 1.20. The highest BCUT2D eigenvalue weighted by molar-refractivity contribution is 5.57. The van der Waals surface area contributed by atoms with Crippen LogP contribution in [0.3, 0.4) is 0 Å². The molecule has 1 aromatic rings. The number of anilines is 1. The van der Waals surface area contributed by atoms with Crippen LogP contribution in [0.15, 0.2) is 23.9 Å². The molecule has 0 aliphatic heterocycles. The van der Waals surface area contributed by atoms with Gasteiger partial charge in [0.25, 0.3) is 0 Å². The van der Waals surface area contributed by atoms with Crippen LogP contribution in [0.25, 0.3) is 0 Å². The Bertz CT molecular complexity index is 358. The molecule has 0 fully saturated rings. The zero-order valence-corrected chi connectivity index (χ0v) is 9.73. The molecule has 0 amide bonds. The van der Waals surface area contributed by atoms with Crippen LogP contribution in [0, 0.1) is 20.8 Å². The van der Waals surface area contributed by atoms with Crippen LogP contribution in [0.5, 0.6) is 0 Å². The first-order valence-corrected chi connectivity index (χ1v) is 4.99. The number of nitrogens with one attached hydrogen (secondary N) is 1. The molecular formula is C13H19N. The Morgan fingerprint density at radius 1 is 1.07 bits per heavy atom. The van der Waals surface area contributed by atoms with Crippen molar-refractivity contribution in [3.05, 3.63) is 40.6 Å². The largest absolute Gasteiger partial charge is 0.362 e. The highest BCUT2D eigenvalue weighted by Crippen LogP contribution is 2.21. The summed E-state index contributed by atoms with van der Waals surface area (Å²) in [6.07, 6.45) is 2.04. The van der Waals surface area contributed by atoms with Crippen molar-refractivity contribution in [1.29, 1.82) is 0 Å². The Hall–Kier alpha value is -1.24. The lowest BCUT2D eigenvalue weighted by molar-refractivity contribution is 1.26. The van der Waals surface area contributed by atoms with Gasteiger partial charge in [0.15, 0.2) is 0 Å². The van der Waals surface area contributed by atoms with E-state index in [0.29, 0.717) is 0 Å². The molecule has 0 aliphatic carbocycles. The highest BCUT2D eigenvalue weighted by Gasteiger charge is 2.01. The van der Waals surface area contributed by atoms with E-state index in [-0.39, 0.29) is 0 Å². The summed E-state index contributed by atoms with van der Waals surface area (Å²) in [7, 11) is 0. The van der Waals surface area contributed by atoms with Gasteiger partial charge in [0, 0.05) is 5.69 Å². The molecule has 0 aromatic heterocycles. The van der Waals surface area contributed by atoms with Gasteiger partial charge in [0.2, 0.25) is 0 Å². The van der Waals surface area contributed by atoms with E-state index in [4.69, 9.17) is 0 Å². The van der Waals surface area contributed by atoms with Crippen LogP contribution < -0.4 is 5.32 Å². The van der Waals surface area contributed by atoms with Gasteiger partial charge < -0.3 is 5.32 Å². The third-order valence-corrected chi connectivity index (χ3v) is 2.57. The fraction of sp³-hybridized carbons (Fsp3) is 0.385. The normalized spacial score (nSPS) is 9.79. The molecule has 0 unspecified atom stereocenters. The second kappa shape index (κ2) is 4.32. The molecule has 0 aliphatic rings. The summed E-state index contributed by atoms with van der Waals surface area (Å²) in [5.41, 5.74) is 6.54. The average molecular weight is 189 g/mol. The quantitative estimate of drug-likeness (QED) is 0.742. The molecule has 0 spiro atoms. The third kappa shape index (κ3) is 2.38. The first-order valence-electron chi connectivity index (χ1n) is 4.99. The topological polar surface area (TPSA) is 12.0 Å². The van der Waals surface area contributed by atoms with Gasteiger partial charge in [0.1, 0.15) is 0 Å². The van der Waals surface area contributed by atoms with Gasteiger partial charge in [-0.15, -0.1) is 0 Å². The smallest absolute Gasteiger partial charge is 0.0412 e. The number of rotatable bonds is 2. The number of aryl methyl sites for hydroxylation is 1. The van der Waals surface area contributed by atoms with Gasteiger partial charge in [0.05, 0.1) is 0 Å². The van der Waals surface area contributed by atoms with E-state index in [1.54, 1.807) is 0 Å². The first kappa shape index (κ1) is 10.8. The lowest BCUT2D eigenvalue weighted by Gasteiger charge is -2.11. The summed E-state index contributed by atoms with van der Waals surface area (Å²) in [5, 5.41) is 3.32. The van der Waals surface area contributed by atoms with E-state index in [9.17, 15) is 0 Å². The number of hydrogen-bond acceptors (Lipinski definition) is 1. The maximum atomic E-state index is 3.32. The lowest BCUT2D eigenvalue weighted by Crippen LogP contribution is -1.95. The zero-order chi connectivity index (χ0) is 10.7. The van der Waals surface area contributed by atoms with Crippen molar-refractivity contribution in [3.63, 3.8) is 0 Å². The van der Waals surface area contributed by atoms with Crippen LogP contribution in [-0.2, 0) is 0 Å². The molecule has 0 heterocycles. The number of hydrogen-bond donors (Lipinski definition) is 1. The van der Waals surface area contributed by atoms with Crippen molar-refractivity contribution in [1.82, 2.24) is 0 Å². The van der Waals surface area contributed by atoms with E-state index >= 15 is 0 Å². The number of allylic oxidation sites excluding steroid dienone is 1. The van der Waals surface area contributed by atoms with Crippen LogP contribution >= 0.6 is 0 Å². The van der Waals surface area contributed by atoms with Gasteiger partial charge >= 0.3 is 0 Å². The zero-order valence-electron chi connectivity index (χ0n) is 9.73. The molecule has 0 saturated carbocycles. The minimum absolute atomic E-state index is 1.20. The van der Waals surface area contributed by atoms with Crippen molar-refractivity contribution >= 4 is 5.69 Å². The average Bonchev–Trinajstić information content (AvgIpc) is 2.13. The van der Waals surface area contributed by atoms with Gasteiger partial charge in [-0.2, -0.15) is 0 Å². The second-order valence-electron chi connectivity index (χ2n) is 4.05. The molecule has 1 heteroatoms. The van der Waals surface area contributed by atoms with E-state index in [1.165, 1.54) is 28.0 Å². The predicted octanol–water partition coefficient (Wildman–Crippen LogP) is 3.95. The highest BCUT2D eigenvalue weighted by atomic mass is 14.8. The molecule has 14 heavy (non-hydrogen) atoms. The molecule has 76 valence electrons. The van der Waals surface area contributed by atoms with E-state index in [0.717, 1.165) is 0 Å². The third-order valence-electron chi connectivity index (χ3n) is 2.57. The van der Waals surface area contributed by atoms with E-state index in [2.05, 4.69) is 52.1 Å². The molecule has 0 bridgehead atoms. The molecule has 0 saturated heterocycles. The van der Waals surface area contributed by atoms with Crippen LogP contribution in [-0.4, -0.2) is 0 Å². The van der Waals surface area contributed by atoms with E-state index < -0.39 is 0 Å². The van der Waals surface area contributed by atoms with Gasteiger partial charge in [-0.1, -0.05) is 11.6 Å². The summed E-state index contributed by atoms with van der Waals surface area (Å²) in [5.74, 6) is 0. The molecular weight excluding hydrogens is 170 g/mol. The fourth-order valence-corrected chi connectivity index (χ4v) is 1.33. The Labute approximate surface area is 86.8 Å². The van der Waals surface area contributed by atoms with Gasteiger partial charge in [-0.05, 0) is 63.6 Å². The summed E-state index contributed by atoms with van der Waals surface area (Å²) in [6.45, 7) is 10.6. The number of benzene rings is 1. The maximum Gasteiger partial charge on any atom is 0.0412 e. The van der Waals surface area contributed by atoms with Crippen molar-refractivity contribution < 1.29 is 0 Å². The molecule has 0 radical (unpaired) electrons. The van der Waals surface area contributed by atoms with Crippen LogP contribution in [0.1, 0.15) is 30.5 Å². The SMILES string of the molecule is CC(C)=CNc1ccc(C)c(C)c1C. The molecule has 1 N–H and O–H groups in total. The fourth-order valence-electron chi connectivity index (χ4n) is 1.33. The molecule has 1 nitrogen and oxygen atoms in total. The van der Waals surface area contributed by atoms with Crippen LogP contribution in [0.2, 0.25) is 0 Å². The van der Waals surface area contributed by atoms with Crippen molar-refractivity contribution in [2.24, 2.45) is 0 Å². The van der Waals surface area contributed by atoms with Gasteiger partial charge in [-0.3, -0.25) is 0 Å². The molecule has 1 rings (SSSR count). The summed E-state index contributed by atoms with van der Waals surface area (Å²) >= 11 is 0. The Morgan fingerprint density at radius 2 is 1.71 bits per heavy atom. The van der Waals surface area contributed by atoms with Crippen molar-refractivity contribution in [3.8, 4) is 0 Å². The standard InChI is InChI=1S/C13H19N/c1-9(2)8-14-13-7-6-10(3)11(4)12(13)5/h6-8,14H,1-5H3. The summed E-state index contributed by atoms with van der Waals surface area (Å²) < 4.78 is 0. The Balaban J connectivity index is 3.00. The minimum Gasteiger partial charge on any atom is -0.362 e. The van der Waals surface area contributed by atoms with Crippen molar-refractivity contribution in [2.45, 2.75) is 34.6 Å². The summed E-state index contributed by atoms with van der Waals surface area (Å²) in [4.78, 5) is 0. The van der Waals surface area contributed by atoms with E-state index in [1.807, 2.05) is 6.20 Å². The monoisotopic (exact) mass is 189 g/mol. The first-order chi connectivity index (χ1) is 6.52. The molecule has 1 aromatic carbocycles. The van der Waals surface area contributed by atoms with Crippen molar-refractivity contribution in [2.75, 3.05) is 5.32 Å². The Morgan fingerprint density at radius 3 is 2.29 bits per heavy atom. The van der Waals surface area contributed by atoms with Crippen LogP contribution in [0.4, 0.5) is 5.69 Å². The predicted molar refractivity (Wildman–Crippen MR) is 63.7 cm³/mol. The molecule has 0 atom stereocenters. The maximum absolute atomic E-state index is 3.32. The summed E-state index contributed by atoms with van der Waals surface area (Å²) in [6, 6.07) is 4.29.